The van der Waals surface area contributed by atoms with Gasteiger partial charge in [-0.25, -0.2) is 0 Å². The van der Waals surface area contributed by atoms with E-state index in [2.05, 4.69) is 14.9 Å². The summed E-state index contributed by atoms with van der Waals surface area (Å²) in [6, 6.07) is 2.30. The summed E-state index contributed by atoms with van der Waals surface area (Å²) in [5.74, 6) is 0.147. The molecule has 1 atom stereocenters. The van der Waals surface area contributed by atoms with Gasteiger partial charge in [0.1, 0.15) is 5.69 Å². The Hall–Kier alpha value is -1.40. The molecule has 2 fully saturated rings. The van der Waals surface area contributed by atoms with Gasteiger partial charge in [0.15, 0.2) is 0 Å². The van der Waals surface area contributed by atoms with Crippen molar-refractivity contribution >= 4 is 5.91 Å². The topological polar surface area (TPSA) is 50.6 Å². The predicted octanol–water partition coefficient (Wildman–Crippen LogP) is 2.71. The summed E-state index contributed by atoms with van der Waals surface area (Å²) in [5, 5.41) is 4.51. The first-order valence-electron chi connectivity index (χ1n) is 10.3. The van der Waals surface area contributed by atoms with E-state index in [1.165, 1.54) is 32.4 Å². The molecule has 0 radical (unpaired) electrons. The second-order valence-corrected chi connectivity index (χ2v) is 7.58. The maximum absolute atomic E-state index is 13.3. The summed E-state index contributed by atoms with van der Waals surface area (Å²) in [7, 11) is 0. The molecule has 2 aliphatic heterocycles. The lowest BCUT2D eigenvalue weighted by Crippen LogP contribution is -2.45. The summed E-state index contributed by atoms with van der Waals surface area (Å²) < 4.78 is 7.29. The van der Waals surface area contributed by atoms with E-state index in [4.69, 9.17) is 4.74 Å². The van der Waals surface area contributed by atoms with Crippen molar-refractivity contribution in [2.24, 2.45) is 0 Å². The molecule has 3 rings (SSSR count). The minimum absolute atomic E-state index is 0.147. The number of carbonyl (C=O) groups excluding carboxylic acids is 1. The molecule has 26 heavy (non-hydrogen) atoms. The first-order chi connectivity index (χ1) is 12.7. The van der Waals surface area contributed by atoms with Crippen molar-refractivity contribution in [3.8, 4) is 0 Å². The number of likely N-dealkylation sites (tertiary alicyclic amines) is 2. The standard InChI is InChI=1S/C20H34N4O2/c1-3-26-15-14-24-19(16-17(2)21-24)20(25)23-12-5-4-8-18(23)9-13-22-10-6-7-11-22/h16,18H,3-15H2,1-2H3/t18-/m0/s1. The number of hydrogen-bond donors (Lipinski definition) is 0. The summed E-state index contributed by atoms with van der Waals surface area (Å²) in [5.41, 5.74) is 1.62. The Morgan fingerprint density at radius 3 is 2.73 bits per heavy atom. The van der Waals surface area contributed by atoms with Crippen LogP contribution < -0.4 is 0 Å². The highest BCUT2D eigenvalue weighted by atomic mass is 16.5. The molecule has 0 spiro atoms. The van der Waals surface area contributed by atoms with Crippen molar-refractivity contribution in [2.75, 3.05) is 39.4 Å². The number of nitrogens with zero attached hydrogens (tertiary/aromatic N) is 4. The highest BCUT2D eigenvalue weighted by molar-refractivity contribution is 5.93. The van der Waals surface area contributed by atoms with Gasteiger partial charge < -0.3 is 14.5 Å². The minimum Gasteiger partial charge on any atom is -0.380 e. The van der Waals surface area contributed by atoms with Crippen LogP contribution in [-0.2, 0) is 11.3 Å². The van der Waals surface area contributed by atoms with Crippen LogP contribution in [-0.4, -0.2) is 70.9 Å². The molecule has 0 aromatic carbocycles. The van der Waals surface area contributed by atoms with E-state index >= 15 is 0 Å². The normalized spacial score (nSPS) is 21.5. The van der Waals surface area contributed by atoms with E-state index in [0.717, 1.165) is 43.7 Å². The first kappa shape index (κ1) is 19.4. The Morgan fingerprint density at radius 2 is 1.96 bits per heavy atom. The molecule has 3 heterocycles. The molecule has 0 saturated carbocycles. The fraction of sp³-hybridized carbons (Fsp3) is 0.800. The van der Waals surface area contributed by atoms with E-state index in [-0.39, 0.29) is 5.91 Å². The molecule has 0 bridgehead atoms. The van der Waals surface area contributed by atoms with Crippen molar-refractivity contribution in [3.05, 3.63) is 17.5 Å². The molecule has 2 aliphatic rings. The molecule has 146 valence electrons. The number of hydrogen-bond acceptors (Lipinski definition) is 4. The maximum atomic E-state index is 13.3. The lowest BCUT2D eigenvalue weighted by Gasteiger charge is -2.36. The highest BCUT2D eigenvalue weighted by Gasteiger charge is 2.30. The van der Waals surface area contributed by atoms with E-state index in [0.29, 0.717) is 25.8 Å². The van der Waals surface area contributed by atoms with Gasteiger partial charge in [-0.1, -0.05) is 0 Å². The third-order valence-electron chi connectivity index (χ3n) is 5.64. The number of piperidine rings is 1. The molecule has 6 nitrogen and oxygen atoms in total. The molecule has 0 unspecified atom stereocenters. The van der Waals surface area contributed by atoms with Crippen LogP contribution >= 0.6 is 0 Å². The summed E-state index contributed by atoms with van der Waals surface area (Å²) in [6.45, 7) is 10.3. The van der Waals surface area contributed by atoms with E-state index in [9.17, 15) is 4.79 Å². The molecule has 6 heteroatoms. The number of aryl methyl sites for hydroxylation is 1. The molecular weight excluding hydrogens is 328 g/mol. The van der Waals surface area contributed by atoms with Crippen LogP contribution in [0.25, 0.3) is 0 Å². The predicted molar refractivity (Wildman–Crippen MR) is 102 cm³/mol. The zero-order chi connectivity index (χ0) is 18.4. The minimum atomic E-state index is 0.147. The van der Waals surface area contributed by atoms with Gasteiger partial charge in [0.25, 0.3) is 5.91 Å². The quantitative estimate of drug-likeness (QED) is 0.667. The highest BCUT2D eigenvalue weighted by Crippen LogP contribution is 2.23. The Labute approximate surface area is 157 Å². The van der Waals surface area contributed by atoms with Crippen LogP contribution in [0.15, 0.2) is 6.07 Å². The lowest BCUT2D eigenvalue weighted by atomic mass is 9.98. The summed E-state index contributed by atoms with van der Waals surface area (Å²) in [4.78, 5) is 18.0. The van der Waals surface area contributed by atoms with E-state index in [1.807, 2.05) is 24.6 Å². The van der Waals surface area contributed by atoms with Gasteiger partial charge in [-0.05, 0) is 71.5 Å². The van der Waals surface area contributed by atoms with Crippen LogP contribution in [0.5, 0.6) is 0 Å². The van der Waals surface area contributed by atoms with Gasteiger partial charge in [-0.2, -0.15) is 5.10 Å². The number of aromatic nitrogens is 2. The van der Waals surface area contributed by atoms with Crippen LogP contribution in [0, 0.1) is 6.92 Å². The second kappa shape index (κ2) is 9.51. The second-order valence-electron chi connectivity index (χ2n) is 7.58. The average Bonchev–Trinajstić information content (AvgIpc) is 3.29. The Morgan fingerprint density at radius 1 is 1.19 bits per heavy atom. The van der Waals surface area contributed by atoms with Crippen molar-refractivity contribution in [1.29, 1.82) is 0 Å². The van der Waals surface area contributed by atoms with Crippen LogP contribution in [0.4, 0.5) is 0 Å². The van der Waals surface area contributed by atoms with Crippen molar-refractivity contribution in [3.63, 3.8) is 0 Å². The van der Waals surface area contributed by atoms with Gasteiger partial charge in [-0.15, -0.1) is 0 Å². The summed E-state index contributed by atoms with van der Waals surface area (Å²) in [6.07, 6.45) is 7.22. The maximum Gasteiger partial charge on any atom is 0.272 e. The van der Waals surface area contributed by atoms with Gasteiger partial charge >= 0.3 is 0 Å². The van der Waals surface area contributed by atoms with Crippen molar-refractivity contribution < 1.29 is 9.53 Å². The Kier molecular flexibility index (Phi) is 7.08. The van der Waals surface area contributed by atoms with Crippen molar-refractivity contribution in [1.82, 2.24) is 19.6 Å². The Bertz CT molecular complexity index is 580. The average molecular weight is 363 g/mol. The summed E-state index contributed by atoms with van der Waals surface area (Å²) >= 11 is 0. The molecule has 1 aromatic heterocycles. The van der Waals surface area contributed by atoms with E-state index in [1.54, 1.807) is 0 Å². The first-order valence-corrected chi connectivity index (χ1v) is 10.3. The molecule has 1 amide bonds. The molecule has 0 aliphatic carbocycles. The molecule has 1 aromatic rings. The Balaban J connectivity index is 1.65. The van der Waals surface area contributed by atoms with Crippen LogP contribution in [0.2, 0.25) is 0 Å². The van der Waals surface area contributed by atoms with Crippen LogP contribution in [0.3, 0.4) is 0 Å². The fourth-order valence-corrected chi connectivity index (χ4v) is 4.24. The molecule has 2 saturated heterocycles. The van der Waals surface area contributed by atoms with Crippen LogP contribution in [0.1, 0.15) is 61.6 Å². The largest absolute Gasteiger partial charge is 0.380 e. The number of amides is 1. The zero-order valence-corrected chi connectivity index (χ0v) is 16.5. The van der Waals surface area contributed by atoms with Gasteiger partial charge in [0, 0.05) is 25.7 Å². The zero-order valence-electron chi connectivity index (χ0n) is 16.5. The monoisotopic (exact) mass is 362 g/mol. The number of carbonyl (C=O) groups is 1. The van der Waals surface area contributed by atoms with Crippen molar-refractivity contribution in [2.45, 2.75) is 65.0 Å². The third kappa shape index (κ3) is 4.86. The number of rotatable bonds is 8. The fourth-order valence-electron chi connectivity index (χ4n) is 4.24. The molecule has 0 N–H and O–H groups in total. The number of ether oxygens (including phenoxy) is 1. The van der Waals surface area contributed by atoms with E-state index < -0.39 is 0 Å². The van der Waals surface area contributed by atoms with Gasteiger partial charge in [-0.3, -0.25) is 9.48 Å². The molecular formula is C20H34N4O2. The third-order valence-corrected chi connectivity index (χ3v) is 5.64. The lowest BCUT2D eigenvalue weighted by molar-refractivity contribution is 0.0571. The smallest absolute Gasteiger partial charge is 0.272 e. The van der Waals surface area contributed by atoms with Gasteiger partial charge in [0.05, 0.1) is 18.8 Å². The van der Waals surface area contributed by atoms with Gasteiger partial charge in [0.2, 0.25) is 0 Å². The SMILES string of the molecule is CCOCCn1nc(C)cc1C(=O)N1CCCC[C@H]1CCN1CCCC1.